The Hall–Kier alpha value is -1.86. The number of carbonyl (C=O) groups is 1. The molecule has 0 aliphatic rings. The van der Waals surface area contributed by atoms with E-state index in [1.807, 2.05) is 51.1 Å². The minimum Gasteiger partial charge on any atom is -0.319 e. The number of benzene rings is 1. The van der Waals surface area contributed by atoms with Crippen LogP contribution in [0, 0.1) is 16.7 Å². The van der Waals surface area contributed by atoms with Gasteiger partial charge in [-0.25, -0.2) is 0 Å². The van der Waals surface area contributed by atoms with Crippen LogP contribution >= 0.6 is 0 Å². The fraction of sp³-hybridized carbons (Fsp3) is 0.467. The molecule has 0 spiro atoms. The van der Waals surface area contributed by atoms with E-state index in [0.29, 0.717) is 6.54 Å². The predicted molar refractivity (Wildman–Crippen MR) is 76.5 cm³/mol. The fourth-order valence-corrected chi connectivity index (χ4v) is 1.67. The predicted octanol–water partition coefficient (Wildman–Crippen LogP) is 2.31. The number of hydrogen-bond donors (Lipinski definition) is 1. The zero-order chi connectivity index (χ0) is 14.5. The number of nitrogens with zero attached hydrogens (tertiary/aromatic N) is 2. The first-order valence-corrected chi connectivity index (χ1v) is 6.37. The van der Waals surface area contributed by atoms with E-state index in [0.717, 1.165) is 5.69 Å². The van der Waals surface area contributed by atoms with Crippen LogP contribution in [0.1, 0.15) is 27.2 Å². The van der Waals surface area contributed by atoms with Gasteiger partial charge in [-0.3, -0.25) is 4.79 Å². The molecule has 1 atom stereocenters. The number of anilines is 1. The smallest absolute Gasteiger partial charge is 0.244 e. The van der Waals surface area contributed by atoms with Crippen molar-refractivity contribution in [2.45, 2.75) is 33.2 Å². The molecule has 102 valence electrons. The van der Waals surface area contributed by atoms with E-state index >= 15 is 0 Å². The summed E-state index contributed by atoms with van der Waals surface area (Å²) in [5, 5.41) is 8.72. The molecule has 0 unspecified atom stereocenters. The summed E-state index contributed by atoms with van der Waals surface area (Å²) < 4.78 is 0. The number of nitrogens with two attached hydrogens (primary N) is 1. The second-order valence-corrected chi connectivity index (χ2v) is 5.58. The zero-order valence-corrected chi connectivity index (χ0v) is 11.8. The Labute approximate surface area is 114 Å². The summed E-state index contributed by atoms with van der Waals surface area (Å²) in [5.41, 5.74) is 6.50. The van der Waals surface area contributed by atoms with Gasteiger partial charge in [0.2, 0.25) is 5.91 Å². The second-order valence-electron chi connectivity index (χ2n) is 5.58. The van der Waals surface area contributed by atoms with Gasteiger partial charge in [0.25, 0.3) is 0 Å². The van der Waals surface area contributed by atoms with Gasteiger partial charge in [0, 0.05) is 12.2 Å². The Bertz CT molecular complexity index is 457. The molecule has 0 aliphatic heterocycles. The number of amides is 1. The van der Waals surface area contributed by atoms with Crippen LogP contribution in [0.2, 0.25) is 0 Å². The van der Waals surface area contributed by atoms with Gasteiger partial charge in [-0.15, -0.1) is 0 Å². The molecular weight excluding hydrogens is 238 g/mol. The molecule has 0 fully saturated rings. The van der Waals surface area contributed by atoms with Gasteiger partial charge in [-0.1, -0.05) is 39.0 Å². The molecule has 0 saturated heterocycles. The Morgan fingerprint density at radius 3 is 2.42 bits per heavy atom. The monoisotopic (exact) mass is 259 g/mol. The Morgan fingerprint density at radius 1 is 1.37 bits per heavy atom. The molecule has 1 aromatic rings. The molecule has 0 aliphatic carbocycles. The maximum atomic E-state index is 12.5. The average molecular weight is 259 g/mol. The van der Waals surface area contributed by atoms with Crippen molar-refractivity contribution in [3.05, 3.63) is 30.3 Å². The lowest BCUT2D eigenvalue weighted by molar-refractivity contribution is -0.121. The van der Waals surface area contributed by atoms with E-state index in [1.54, 1.807) is 4.90 Å². The minimum absolute atomic E-state index is 0.144. The van der Waals surface area contributed by atoms with Crippen molar-refractivity contribution in [3.8, 4) is 6.07 Å². The maximum absolute atomic E-state index is 12.5. The van der Waals surface area contributed by atoms with Gasteiger partial charge in [-0.2, -0.15) is 5.26 Å². The van der Waals surface area contributed by atoms with Crippen molar-refractivity contribution in [1.29, 1.82) is 5.26 Å². The quantitative estimate of drug-likeness (QED) is 0.902. The molecule has 0 bridgehead atoms. The first-order chi connectivity index (χ1) is 8.88. The molecule has 1 amide bonds. The summed E-state index contributed by atoms with van der Waals surface area (Å²) in [6.45, 7) is 6.16. The molecule has 4 nitrogen and oxygen atoms in total. The van der Waals surface area contributed by atoms with E-state index in [-0.39, 0.29) is 17.7 Å². The standard InChI is InChI=1S/C15H21N3O/c1-15(2,3)13(17)14(19)18(11-7-10-16)12-8-5-4-6-9-12/h4-6,8-9,13H,7,11,17H2,1-3H3/t13-/m0/s1. The number of rotatable bonds is 4. The van der Waals surface area contributed by atoms with Crippen molar-refractivity contribution in [2.75, 3.05) is 11.4 Å². The van der Waals surface area contributed by atoms with E-state index in [1.165, 1.54) is 0 Å². The summed E-state index contributed by atoms with van der Waals surface area (Å²) in [7, 11) is 0. The Balaban J connectivity index is 2.99. The summed E-state index contributed by atoms with van der Waals surface area (Å²) in [6.07, 6.45) is 0.289. The average Bonchev–Trinajstić information content (AvgIpc) is 2.38. The first kappa shape index (κ1) is 15.2. The highest BCUT2D eigenvalue weighted by atomic mass is 16.2. The van der Waals surface area contributed by atoms with Crippen molar-refractivity contribution < 1.29 is 4.79 Å². The number of para-hydroxylation sites is 1. The normalized spacial score (nSPS) is 12.6. The van der Waals surface area contributed by atoms with E-state index < -0.39 is 6.04 Å². The second kappa shape index (κ2) is 6.35. The molecule has 1 aromatic carbocycles. The lowest BCUT2D eigenvalue weighted by Gasteiger charge is -2.31. The molecule has 0 saturated carbocycles. The third kappa shape index (κ3) is 4.08. The minimum atomic E-state index is -0.591. The summed E-state index contributed by atoms with van der Waals surface area (Å²) >= 11 is 0. The van der Waals surface area contributed by atoms with Crippen molar-refractivity contribution >= 4 is 11.6 Å². The van der Waals surface area contributed by atoms with Crippen molar-refractivity contribution in [2.24, 2.45) is 11.1 Å². The molecule has 19 heavy (non-hydrogen) atoms. The summed E-state index contributed by atoms with van der Waals surface area (Å²) in [4.78, 5) is 14.1. The molecular formula is C15H21N3O. The van der Waals surface area contributed by atoms with Crippen LogP contribution in [-0.4, -0.2) is 18.5 Å². The maximum Gasteiger partial charge on any atom is 0.244 e. The van der Waals surface area contributed by atoms with Crippen LogP contribution in [0.15, 0.2) is 30.3 Å². The highest BCUT2D eigenvalue weighted by Gasteiger charge is 2.31. The van der Waals surface area contributed by atoms with E-state index in [4.69, 9.17) is 11.0 Å². The SMILES string of the molecule is CC(C)(C)[C@@H](N)C(=O)N(CCC#N)c1ccccc1. The third-order valence-corrected chi connectivity index (χ3v) is 2.98. The Kier molecular flexibility index (Phi) is 5.08. The summed E-state index contributed by atoms with van der Waals surface area (Å²) in [5.74, 6) is -0.144. The third-order valence-electron chi connectivity index (χ3n) is 2.98. The molecule has 2 N–H and O–H groups in total. The van der Waals surface area contributed by atoms with Crippen LogP contribution in [0.3, 0.4) is 0 Å². The number of nitriles is 1. The first-order valence-electron chi connectivity index (χ1n) is 6.37. The zero-order valence-electron chi connectivity index (χ0n) is 11.8. The van der Waals surface area contributed by atoms with Crippen LogP contribution in [-0.2, 0) is 4.79 Å². The van der Waals surface area contributed by atoms with E-state index in [2.05, 4.69) is 6.07 Å². The van der Waals surface area contributed by atoms with Crippen molar-refractivity contribution in [3.63, 3.8) is 0 Å². The molecule has 0 heterocycles. The van der Waals surface area contributed by atoms with Gasteiger partial charge >= 0.3 is 0 Å². The lowest BCUT2D eigenvalue weighted by atomic mass is 9.86. The lowest BCUT2D eigenvalue weighted by Crippen LogP contribution is -2.50. The van der Waals surface area contributed by atoms with E-state index in [9.17, 15) is 4.79 Å². The van der Waals surface area contributed by atoms with Crippen LogP contribution < -0.4 is 10.6 Å². The molecule has 0 radical (unpaired) electrons. The number of carbonyl (C=O) groups excluding carboxylic acids is 1. The highest BCUT2D eigenvalue weighted by molar-refractivity contribution is 5.97. The molecule has 1 rings (SSSR count). The van der Waals surface area contributed by atoms with Crippen LogP contribution in [0.4, 0.5) is 5.69 Å². The fourth-order valence-electron chi connectivity index (χ4n) is 1.67. The van der Waals surface area contributed by atoms with Gasteiger partial charge in [0.1, 0.15) is 0 Å². The van der Waals surface area contributed by atoms with Gasteiger partial charge in [-0.05, 0) is 17.5 Å². The Morgan fingerprint density at radius 2 is 1.95 bits per heavy atom. The largest absolute Gasteiger partial charge is 0.319 e. The van der Waals surface area contributed by atoms with Crippen LogP contribution in [0.5, 0.6) is 0 Å². The van der Waals surface area contributed by atoms with Crippen molar-refractivity contribution in [1.82, 2.24) is 0 Å². The number of hydrogen-bond acceptors (Lipinski definition) is 3. The molecule has 4 heteroatoms. The molecule has 0 aromatic heterocycles. The van der Waals surface area contributed by atoms with Crippen LogP contribution in [0.25, 0.3) is 0 Å². The summed E-state index contributed by atoms with van der Waals surface area (Å²) in [6, 6.07) is 10.8. The van der Waals surface area contributed by atoms with Gasteiger partial charge in [0.05, 0.1) is 18.5 Å². The van der Waals surface area contributed by atoms with Gasteiger partial charge < -0.3 is 10.6 Å². The van der Waals surface area contributed by atoms with Gasteiger partial charge in [0.15, 0.2) is 0 Å². The topological polar surface area (TPSA) is 70.1 Å². The highest BCUT2D eigenvalue weighted by Crippen LogP contribution is 2.22.